The van der Waals surface area contributed by atoms with Gasteiger partial charge in [0.2, 0.25) is 0 Å². The van der Waals surface area contributed by atoms with Crippen molar-refractivity contribution in [3.05, 3.63) is 59.1 Å². The lowest BCUT2D eigenvalue weighted by Gasteiger charge is -2.12. The molecule has 0 radical (unpaired) electrons. The summed E-state index contributed by atoms with van der Waals surface area (Å²) in [5, 5.41) is 10.6. The van der Waals surface area contributed by atoms with Gasteiger partial charge in [-0.05, 0) is 42.0 Å². The van der Waals surface area contributed by atoms with Crippen LogP contribution in [0.5, 0.6) is 5.75 Å². The Bertz CT molecular complexity index is 496. The molecule has 0 heterocycles. The molecule has 0 aliphatic heterocycles. The molecule has 18 heavy (non-hydrogen) atoms. The van der Waals surface area contributed by atoms with Crippen molar-refractivity contribution in [2.24, 2.45) is 0 Å². The molecule has 94 valence electrons. The molecule has 0 bridgehead atoms. The highest BCUT2D eigenvalue weighted by molar-refractivity contribution is 6.30. The number of anilines is 1. The smallest absolute Gasteiger partial charge is 0.119 e. The van der Waals surface area contributed by atoms with Crippen LogP contribution in [0.3, 0.4) is 0 Å². The first-order valence-corrected chi connectivity index (χ1v) is 5.95. The third-order valence-electron chi connectivity index (χ3n) is 2.54. The molecule has 0 fully saturated rings. The van der Waals surface area contributed by atoms with E-state index in [1.807, 2.05) is 0 Å². The summed E-state index contributed by atoms with van der Waals surface area (Å²) < 4.78 is 5.47. The van der Waals surface area contributed by atoms with E-state index in [1.54, 1.807) is 48.5 Å². The minimum Gasteiger partial charge on any atom is -0.491 e. The van der Waals surface area contributed by atoms with Crippen LogP contribution in [0.4, 0.5) is 5.69 Å². The number of halogens is 1. The van der Waals surface area contributed by atoms with Gasteiger partial charge in [0.25, 0.3) is 0 Å². The van der Waals surface area contributed by atoms with E-state index in [-0.39, 0.29) is 6.61 Å². The molecule has 1 atom stereocenters. The monoisotopic (exact) mass is 263 g/mol. The highest BCUT2D eigenvalue weighted by atomic mass is 35.5. The maximum absolute atomic E-state index is 9.94. The zero-order valence-corrected chi connectivity index (χ0v) is 10.5. The topological polar surface area (TPSA) is 55.5 Å². The van der Waals surface area contributed by atoms with E-state index in [9.17, 15) is 5.11 Å². The number of nitrogens with two attached hydrogens (primary N) is 1. The second-order valence-electron chi connectivity index (χ2n) is 3.95. The van der Waals surface area contributed by atoms with Gasteiger partial charge in [0, 0.05) is 10.7 Å². The lowest BCUT2D eigenvalue weighted by molar-refractivity contribution is 0.108. The summed E-state index contributed by atoms with van der Waals surface area (Å²) in [6, 6.07) is 14.1. The second-order valence-corrected chi connectivity index (χ2v) is 4.38. The van der Waals surface area contributed by atoms with Crippen LogP contribution in [-0.2, 0) is 0 Å². The minimum atomic E-state index is -0.679. The van der Waals surface area contributed by atoms with Crippen molar-refractivity contribution in [1.29, 1.82) is 0 Å². The van der Waals surface area contributed by atoms with Crippen molar-refractivity contribution in [2.45, 2.75) is 6.10 Å². The van der Waals surface area contributed by atoms with Crippen molar-refractivity contribution in [1.82, 2.24) is 0 Å². The average Bonchev–Trinajstić information content (AvgIpc) is 2.38. The Kier molecular flexibility index (Phi) is 4.07. The predicted molar refractivity (Wildman–Crippen MR) is 72.8 cm³/mol. The van der Waals surface area contributed by atoms with Crippen molar-refractivity contribution >= 4 is 17.3 Å². The van der Waals surface area contributed by atoms with Gasteiger partial charge in [-0.1, -0.05) is 23.7 Å². The Morgan fingerprint density at radius 2 is 1.67 bits per heavy atom. The van der Waals surface area contributed by atoms with Crippen LogP contribution in [0.1, 0.15) is 11.7 Å². The zero-order valence-electron chi connectivity index (χ0n) is 9.71. The fraction of sp³-hybridized carbons (Fsp3) is 0.143. The summed E-state index contributed by atoms with van der Waals surface area (Å²) in [6.07, 6.45) is -0.679. The largest absolute Gasteiger partial charge is 0.491 e. The molecular formula is C14H14ClNO2. The predicted octanol–water partition coefficient (Wildman–Crippen LogP) is 3.03. The summed E-state index contributed by atoms with van der Waals surface area (Å²) in [5.41, 5.74) is 7.03. The first-order valence-electron chi connectivity index (χ1n) is 5.57. The van der Waals surface area contributed by atoms with E-state index < -0.39 is 6.10 Å². The summed E-state index contributed by atoms with van der Waals surface area (Å²) >= 11 is 5.77. The first kappa shape index (κ1) is 12.7. The van der Waals surface area contributed by atoms with Crippen LogP contribution >= 0.6 is 11.6 Å². The van der Waals surface area contributed by atoms with Crippen molar-refractivity contribution in [2.75, 3.05) is 12.3 Å². The van der Waals surface area contributed by atoms with Gasteiger partial charge < -0.3 is 15.6 Å². The zero-order chi connectivity index (χ0) is 13.0. The highest BCUT2D eigenvalue weighted by Gasteiger charge is 2.08. The second kappa shape index (κ2) is 5.76. The number of aliphatic hydroxyl groups excluding tert-OH is 1. The normalized spacial score (nSPS) is 12.1. The number of nitrogen functional groups attached to an aromatic ring is 1. The molecule has 0 saturated carbocycles. The van der Waals surface area contributed by atoms with Crippen molar-refractivity contribution in [3.8, 4) is 5.75 Å². The van der Waals surface area contributed by atoms with Gasteiger partial charge in [-0.25, -0.2) is 0 Å². The Morgan fingerprint density at radius 1 is 1.06 bits per heavy atom. The number of benzene rings is 2. The Labute approximate surface area is 111 Å². The van der Waals surface area contributed by atoms with E-state index >= 15 is 0 Å². The Morgan fingerprint density at radius 3 is 2.28 bits per heavy atom. The summed E-state index contributed by atoms with van der Waals surface area (Å²) in [5.74, 6) is 0.675. The van der Waals surface area contributed by atoms with Crippen LogP contribution < -0.4 is 10.5 Å². The lowest BCUT2D eigenvalue weighted by Crippen LogP contribution is -2.09. The molecule has 2 aromatic rings. The van der Waals surface area contributed by atoms with E-state index in [1.165, 1.54) is 0 Å². The molecular weight excluding hydrogens is 250 g/mol. The molecule has 1 unspecified atom stereocenters. The van der Waals surface area contributed by atoms with E-state index in [2.05, 4.69) is 0 Å². The third kappa shape index (κ3) is 3.39. The fourth-order valence-electron chi connectivity index (χ4n) is 1.52. The SMILES string of the molecule is Nc1ccc(C(O)COc2ccc(Cl)cc2)cc1. The van der Waals surface area contributed by atoms with Gasteiger partial charge in [-0.15, -0.1) is 0 Å². The molecule has 4 heteroatoms. The molecule has 0 aliphatic rings. The summed E-state index contributed by atoms with van der Waals surface area (Å²) in [6.45, 7) is 0.186. The summed E-state index contributed by atoms with van der Waals surface area (Å²) in [7, 11) is 0. The Hall–Kier alpha value is -1.71. The van der Waals surface area contributed by atoms with Crippen LogP contribution in [-0.4, -0.2) is 11.7 Å². The molecule has 3 nitrogen and oxygen atoms in total. The van der Waals surface area contributed by atoms with E-state index in [4.69, 9.17) is 22.1 Å². The molecule has 0 aliphatic carbocycles. The number of hydrogen-bond donors (Lipinski definition) is 2. The molecule has 2 rings (SSSR count). The van der Waals surface area contributed by atoms with Gasteiger partial charge in [0.05, 0.1) is 0 Å². The lowest BCUT2D eigenvalue weighted by atomic mass is 10.1. The maximum Gasteiger partial charge on any atom is 0.119 e. The van der Waals surface area contributed by atoms with Gasteiger partial charge in [-0.3, -0.25) is 0 Å². The van der Waals surface area contributed by atoms with Crippen LogP contribution in [0.2, 0.25) is 5.02 Å². The van der Waals surface area contributed by atoms with Crippen molar-refractivity contribution < 1.29 is 9.84 Å². The molecule has 0 spiro atoms. The first-order chi connectivity index (χ1) is 8.65. The number of ether oxygens (including phenoxy) is 1. The summed E-state index contributed by atoms with van der Waals surface area (Å²) in [4.78, 5) is 0. The van der Waals surface area contributed by atoms with E-state index in [0.717, 1.165) is 5.56 Å². The van der Waals surface area contributed by atoms with E-state index in [0.29, 0.717) is 16.5 Å². The van der Waals surface area contributed by atoms with Gasteiger partial charge >= 0.3 is 0 Å². The number of aliphatic hydroxyl groups is 1. The van der Waals surface area contributed by atoms with Gasteiger partial charge in [-0.2, -0.15) is 0 Å². The molecule has 2 aromatic carbocycles. The third-order valence-corrected chi connectivity index (χ3v) is 2.79. The van der Waals surface area contributed by atoms with Crippen LogP contribution in [0, 0.1) is 0 Å². The van der Waals surface area contributed by atoms with Gasteiger partial charge in [0.1, 0.15) is 18.5 Å². The maximum atomic E-state index is 9.94. The highest BCUT2D eigenvalue weighted by Crippen LogP contribution is 2.19. The molecule has 3 N–H and O–H groups in total. The molecule has 0 aromatic heterocycles. The number of hydrogen-bond acceptors (Lipinski definition) is 3. The molecule has 0 amide bonds. The van der Waals surface area contributed by atoms with Gasteiger partial charge in [0.15, 0.2) is 0 Å². The fourth-order valence-corrected chi connectivity index (χ4v) is 1.65. The quantitative estimate of drug-likeness (QED) is 0.834. The van der Waals surface area contributed by atoms with Crippen LogP contribution in [0.25, 0.3) is 0 Å². The minimum absolute atomic E-state index is 0.186. The number of rotatable bonds is 4. The Balaban J connectivity index is 1.93. The van der Waals surface area contributed by atoms with Crippen LogP contribution in [0.15, 0.2) is 48.5 Å². The molecule has 0 saturated heterocycles. The van der Waals surface area contributed by atoms with Crippen molar-refractivity contribution in [3.63, 3.8) is 0 Å². The average molecular weight is 264 g/mol. The standard InChI is InChI=1S/C14H14ClNO2/c15-11-3-7-13(8-4-11)18-9-14(17)10-1-5-12(16)6-2-10/h1-8,14,17H,9,16H2.